The number of hydrogen-bond acceptors (Lipinski definition) is 6. The summed E-state index contributed by atoms with van der Waals surface area (Å²) in [6.07, 6.45) is 4.87. The summed E-state index contributed by atoms with van der Waals surface area (Å²) in [6, 6.07) is 13.9. The maximum atomic E-state index is 14.5. The van der Waals surface area contributed by atoms with E-state index >= 15 is 0 Å². The summed E-state index contributed by atoms with van der Waals surface area (Å²) >= 11 is 0. The van der Waals surface area contributed by atoms with Crippen LogP contribution in [0.5, 0.6) is 11.5 Å². The SMILES string of the molecule is CC(C)(C)N1C(=O)[C@H]2[C@H](CC=C3[C@H](C4=COc5ccc(O)cc5C4)[C@]4(C)C(=O)N(c5ccccc5)C(=O)[C@@H]4C[C@H]32)C1=O. The van der Waals surface area contributed by atoms with Crippen molar-refractivity contribution in [1.29, 1.82) is 0 Å². The van der Waals surface area contributed by atoms with E-state index < -0.39 is 34.6 Å². The molecule has 7 rings (SSSR count). The Bertz CT molecular complexity index is 1620. The van der Waals surface area contributed by atoms with Crippen molar-refractivity contribution in [3.63, 3.8) is 0 Å². The number of carbonyl (C=O) groups excluding carboxylic acids is 4. The number of hydrogen-bond donors (Lipinski definition) is 1. The molecule has 2 aromatic carbocycles. The lowest BCUT2D eigenvalue weighted by Crippen LogP contribution is -2.51. The van der Waals surface area contributed by atoms with Gasteiger partial charge in [-0.2, -0.15) is 0 Å². The van der Waals surface area contributed by atoms with Crippen LogP contribution in [-0.2, 0) is 25.6 Å². The topological polar surface area (TPSA) is 104 Å². The Morgan fingerprint density at radius 1 is 0.952 bits per heavy atom. The first-order valence-electron chi connectivity index (χ1n) is 14.6. The van der Waals surface area contributed by atoms with Crippen LogP contribution < -0.4 is 9.64 Å². The van der Waals surface area contributed by atoms with E-state index in [-0.39, 0.29) is 35.3 Å². The molecule has 216 valence electrons. The average Bonchev–Trinajstić information content (AvgIpc) is 3.32. The molecule has 0 bridgehead atoms. The van der Waals surface area contributed by atoms with Crippen LogP contribution in [0.4, 0.5) is 5.69 Å². The van der Waals surface area contributed by atoms with Gasteiger partial charge >= 0.3 is 0 Å². The van der Waals surface area contributed by atoms with Crippen molar-refractivity contribution in [3.05, 3.63) is 77.6 Å². The molecule has 4 amide bonds. The molecule has 0 radical (unpaired) electrons. The Balaban J connectivity index is 1.37. The van der Waals surface area contributed by atoms with Crippen LogP contribution in [0, 0.1) is 35.0 Å². The van der Waals surface area contributed by atoms with Crippen molar-refractivity contribution >= 4 is 29.3 Å². The Morgan fingerprint density at radius 2 is 1.69 bits per heavy atom. The minimum absolute atomic E-state index is 0.114. The number of amides is 4. The molecule has 3 aliphatic heterocycles. The van der Waals surface area contributed by atoms with Crippen molar-refractivity contribution in [2.45, 2.75) is 52.5 Å². The van der Waals surface area contributed by atoms with Crippen LogP contribution in [-0.4, -0.2) is 39.2 Å². The summed E-state index contributed by atoms with van der Waals surface area (Å²) in [6.45, 7) is 7.46. The van der Waals surface area contributed by atoms with Crippen LogP contribution in [0.25, 0.3) is 0 Å². The van der Waals surface area contributed by atoms with Gasteiger partial charge in [0.2, 0.25) is 23.6 Å². The second kappa shape index (κ2) is 8.90. The van der Waals surface area contributed by atoms with Gasteiger partial charge in [-0.05, 0) is 82.4 Å². The van der Waals surface area contributed by atoms with Crippen LogP contribution in [0.15, 0.2) is 72.0 Å². The van der Waals surface area contributed by atoms with E-state index in [1.54, 1.807) is 48.7 Å². The number of nitrogens with zero attached hydrogens (tertiary/aromatic N) is 2. The van der Waals surface area contributed by atoms with E-state index in [1.807, 2.05) is 33.8 Å². The zero-order valence-corrected chi connectivity index (χ0v) is 24.2. The highest BCUT2D eigenvalue weighted by atomic mass is 16.5. The molecular formula is C34H34N2O6. The van der Waals surface area contributed by atoms with Gasteiger partial charge in [0, 0.05) is 23.4 Å². The lowest BCUT2D eigenvalue weighted by Gasteiger charge is -2.50. The summed E-state index contributed by atoms with van der Waals surface area (Å²) in [4.78, 5) is 58.9. The molecular weight excluding hydrogens is 532 g/mol. The largest absolute Gasteiger partial charge is 0.508 e. The number of phenolic OH excluding ortho intramolecular Hbond substituents is 1. The molecule has 1 N–H and O–H groups in total. The molecule has 6 atom stereocenters. The number of ether oxygens (including phenoxy) is 1. The van der Waals surface area contributed by atoms with Crippen LogP contribution in [0.2, 0.25) is 0 Å². The van der Waals surface area contributed by atoms with Crippen LogP contribution in [0.3, 0.4) is 0 Å². The number of imide groups is 2. The molecule has 0 unspecified atom stereocenters. The van der Waals surface area contributed by atoms with E-state index in [0.717, 1.165) is 16.7 Å². The molecule has 1 saturated carbocycles. The summed E-state index contributed by atoms with van der Waals surface area (Å²) in [5, 5.41) is 10.2. The monoisotopic (exact) mass is 566 g/mol. The van der Waals surface area contributed by atoms with Gasteiger partial charge in [-0.25, -0.2) is 4.90 Å². The standard InChI is InChI=1S/C34H34N2O6/c1-33(2,3)36-29(38)23-12-11-22-24(27(23)31(36)40)16-25-30(39)35(20-8-6-5-7-9-20)32(41)34(25,4)28(22)19-14-18-15-21(37)10-13-26(18)42-17-19/h5-11,13,15,17,23-25,27-28,37H,12,14,16H2,1-4H3/t23-,24+,25-,27-,28-,34+/m0/s1. The second-order valence-corrected chi connectivity index (χ2v) is 13.5. The fourth-order valence-corrected chi connectivity index (χ4v) is 8.33. The fraction of sp³-hybridized carbons (Fsp3) is 0.412. The minimum atomic E-state index is -1.12. The van der Waals surface area contributed by atoms with E-state index in [9.17, 15) is 24.3 Å². The van der Waals surface area contributed by atoms with E-state index in [2.05, 4.69) is 6.08 Å². The smallest absolute Gasteiger partial charge is 0.241 e. The average molecular weight is 567 g/mol. The number of allylic oxidation sites excluding steroid dienone is 3. The normalized spacial score (nSPS) is 32.0. The Morgan fingerprint density at radius 3 is 2.40 bits per heavy atom. The van der Waals surface area contributed by atoms with Gasteiger partial charge in [0.05, 0.1) is 35.1 Å². The third kappa shape index (κ3) is 3.53. The highest BCUT2D eigenvalue weighted by Gasteiger charge is 2.68. The molecule has 8 heteroatoms. The number of anilines is 1. The summed E-state index contributed by atoms with van der Waals surface area (Å²) < 4.78 is 6.04. The Hall–Kier alpha value is -4.20. The number of likely N-dealkylation sites (tertiary alicyclic amines) is 1. The molecule has 0 aromatic heterocycles. The first-order valence-corrected chi connectivity index (χ1v) is 14.6. The molecule has 3 fully saturated rings. The molecule has 8 nitrogen and oxygen atoms in total. The predicted molar refractivity (Wildman–Crippen MR) is 154 cm³/mol. The van der Waals surface area contributed by atoms with Crippen molar-refractivity contribution in [2.75, 3.05) is 4.90 Å². The number of benzene rings is 2. The van der Waals surface area contributed by atoms with E-state index in [1.165, 1.54) is 9.80 Å². The Kier molecular flexibility index (Phi) is 5.65. The summed E-state index contributed by atoms with van der Waals surface area (Å²) in [7, 11) is 0. The van der Waals surface area contributed by atoms with Gasteiger partial charge < -0.3 is 9.84 Å². The zero-order valence-electron chi connectivity index (χ0n) is 24.2. The third-order valence-corrected chi connectivity index (χ3v) is 10.1. The minimum Gasteiger partial charge on any atom is -0.508 e. The van der Waals surface area contributed by atoms with Crippen molar-refractivity contribution in [3.8, 4) is 11.5 Å². The summed E-state index contributed by atoms with van der Waals surface area (Å²) in [5.74, 6) is -2.82. The van der Waals surface area contributed by atoms with Gasteiger partial charge in [-0.15, -0.1) is 0 Å². The van der Waals surface area contributed by atoms with Crippen molar-refractivity contribution < 1.29 is 29.0 Å². The van der Waals surface area contributed by atoms with Gasteiger partial charge in [0.1, 0.15) is 11.5 Å². The highest BCUT2D eigenvalue weighted by Crippen LogP contribution is 2.63. The third-order valence-electron chi connectivity index (χ3n) is 10.1. The van der Waals surface area contributed by atoms with Crippen LogP contribution >= 0.6 is 0 Å². The van der Waals surface area contributed by atoms with Gasteiger partial charge in [-0.3, -0.25) is 24.1 Å². The lowest BCUT2D eigenvalue weighted by atomic mass is 9.51. The lowest BCUT2D eigenvalue weighted by molar-refractivity contribution is -0.146. The highest BCUT2D eigenvalue weighted by molar-refractivity contribution is 6.24. The van der Waals surface area contributed by atoms with Crippen molar-refractivity contribution in [2.24, 2.45) is 35.0 Å². The van der Waals surface area contributed by atoms with Crippen LogP contribution in [0.1, 0.15) is 46.1 Å². The molecule has 0 spiro atoms. The van der Waals surface area contributed by atoms with E-state index in [0.29, 0.717) is 30.7 Å². The summed E-state index contributed by atoms with van der Waals surface area (Å²) in [5.41, 5.74) is 1.26. The number of rotatable bonds is 2. The maximum Gasteiger partial charge on any atom is 0.241 e. The predicted octanol–water partition coefficient (Wildman–Crippen LogP) is 4.77. The maximum absolute atomic E-state index is 14.5. The molecule has 2 aromatic rings. The van der Waals surface area contributed by atoms with E-state index in [4.69, 9.17) is 4.74 Å². The van der Waals surface area contributed by atoms with Gasteiger partial charge in [0.15, 0.2) is 0 Å². The number of fused-ring (bicyclic) bond motifs is 5. The molecule has 2 saturated heterocycles. The number of carbonyl (C=O) groups is 4. The molecule has 2 aliphatic carbocycles. The molecule has 5 aliphatic rings. The molecule has 42 heavy (non-hydrogen) atoms. The van der Waals surface area contributed by atoms with Gasteiger partial charge in [-0.1, -0.05) is 29.8 Å². The molecule has 3 heterocycles. The zero-order chi connectivity index (χ0) is 29.7. The quantitative estimate of drug-likeness (QED) is 0.415. The second-order valence-electron chi connectivity index (χ2n) is 13.5. The number of aromatic hydroxyl groups is 1. The Labute approximate surface area is 244 Å². The van der Waals surface area contributed by atoms with Crippen molar-refractivity contribution in [1.82, 2.24) is 4.90 Å². The number of phenols is 1. The first-order chi connectivity index (χ1) is 19.9. The number of para-hydroxylation sites is 1. The van der Waals surface area contributed by atoms with Gasteiger partial charge in [0.25, 0.3) is 0 Å². The fourth-order valence-electron chi connectivity index (χ4n) is 8.33. The first kappa shape index (κ1) is 26.7.